The van der Waals surface area contributed by atoms with Gasteiger partial charge in [0.25, 0.3) is 0 Å². The maximum atomic E-state index is 5.88. The Morgan fingerprint density at radius 2 is 2.47 bits per heavy atom. The van der Waals surface area contributed by atoms with Crippen LogP contribution in [0.5, 0.6) is 0 Å². The maximum absolute atomic E-state index is 5.88. The zero-order chi connectivity index (χ0) is 11.1. The maximum Gasteiger partial charge on any atom is 0.142 e. The van der Waals surface area contributed by atoms with E-state index >= 15 is 0 Å². The molecule has 2 N–H and O–H groups in total. The molecule has 0 saturated carbocycles. The predicted molar refractivity (Wildman–Crippen MR) is 61.7 cm³/mol. The van der Waals surface area contributed by atoms with Crippen LogP contribution in [0, 0.1) is 5.92 Å². The van der Waals surface area contributed by atoms with Crippen molar-refractivity contribution in [2.75, 3.05) is 20.3 Å². The predicted octanol–water partition coefficient (Wildman–Crippen LogP) is 1.01. The van der Waals surface area contributed by atoms with E-state index in [-0.39, 0.29) is 0 Å². The molecule has 0 fully saturated rings. The third-order valence-electron chi connectivity index (χ3n) is 2.50. The van der Waals surface area contributed by atoms with Crippen molar-refractivity contribution in [2.45, 2.75) is 26.2 Å². The topological polar surface area (TPSA) is 63.2 Å². The molecule has 0 spiro atoms. The number of ether oxygens (including phenoxy) is 1. The molecule has 5 nitrogen and oxygen atoms in total. The second-order valence-corrected chi connectivity index (χ2v) is 3.69. The first-order valence-electron chi connectivity index (χ1n) is 5.39. The summed E-state index contributed by atoms with van der Waals surface area (Å²) in [5.41, 5.74) is 0. The Kier molecular flexibility index (Phi) is 5.28. The van der Waals surface area contributed by atoms with Crippen LogP contribution in [-0.4, -0.2) is 37.3 Å². The summed E-state index contributed by atoms with van der Waals surface area (Å²) >= 11 is 0. The summed E-state index contributed by atoms with van der Waals surface area (Å²) in [7, 11) is 1.69. The van der Waals surface area contributed by atoms with Crippen LogP contribution in [0.3, 0.4) is 0 Å². The normalized spacial score (nSPS) is 20.2. The Labute approximate surface area is 91.0 Å². The van der Waals surface area contributed by atoms with Gasteiger partial charge in [-0.3, -0.25) is 5.01 Å². The van der Waals surface area contributed by atoms with Crippen molar-refractivity contribution in [2.24, 2.45) is 22.0 Å². The van der Waals surface area contributed by atoms with E-state index in [1.165, 1.54) is 0 Å². The van der Waals surface area contributed by atoms with Gasteiger partial charge in [0, 0.05) is 38.8 Å². The molecule has 0 aromatic rings. The number of hydrogen-bond donors (Lipinski definition) is 1. The largest absolute Gasteiger partial charge is 0.385 e. The number of rotatable bonds is 5. The smallest absolute Gasteiger partial charge is 0.142 e. The molecule has 0 amide bonds. The monoisotopic (exact) mass is 212 g/mol. The molecule has 0 bridgehead atoms. The zero-order valence-electron chi connectivity index (χ0n) is 9.52. The molecule has 0 radical (unpaired) electrons. The molecule has 0 aliphatic carbocycles. The fraction of sp³-hybridized carbons (Fsp3) is 0.800. The van der Waals surface area contributed by atoms with Gasteiger partial charge in [-0.25, -0.2) is 5.84 Å². The summed E-state index contributed by atoms with van der Waals surface area (Å²) in [4.78, 5) is 0. The molecule has 0 aromatic heterocycles. The molecular weight excluding hydrogens is 192 g/mol. The highest BCUT2D eigenvalue weighted by Gasteiger charge is 2.15. The van der Waals surface area contributed by atoms with Crippen LogP contribution in [0.1, 0.15) is 26.2 Å². The van der Waals surface area contributed by atoms with Crippen molar-refractivity contribution in [3.63, 3.8) is 0 Å². The van der Waals surface area contributed by atoms with E-state index < -0.39 is 0 Å². The zero-order valence-corrected chi connectivity index (χ0v) is 9.52. The van der Waals surface area contributed by atoms with Crippen LogP contribution in [-0.2, 0) is 4.74 Å². The van der Waals surface area contributed by atoms with Gasteiger partial charge >= 0.3 is 0 Å². The van der Waals surface area contributed by atoms with E-state index in [4.69, 9.17) is 10.6 Å². The summed E-state index contributed by atoms with van der Waals surface area (Å²) in [5.74, 6) is 7.23. The molecule has 1 heterocycles. The minimum absolute atomic E-state index is 0.478. The first kappa shape index (κ1) is 12.1. The molecule has 15 heavy (non-hydrogen) atoms. The van der Waals surface area contributed by atoms with Gasteiger partial charge in [0.05, 0.1) is 0 Å². The lowest BCUT2D eigenvalue weighted by atomic mass is 10.0. The van der Waals surface area contributed by atoms with Gasteiger partial charge in [0.1, 0.15) is 5.84 Å². The lowest BCUT2D eigenvalue weighted by Gasteiger charge is -2.23. The lowest BCUT2D eigenvalue weighted by Crippen LogP contribution is -2.40. The van der Waals surface area contributed by atoms with E-state index in [1.807, 2.05) is 6.21 Å². The fourth-order valence-electron chi connectivity index (χ4n) is 1.46. The number of hydrazine groups is 1. The van der Waals surface area contributed by atoms with Crippen molar-refractivity contribution < 1.29 is 4.74 Å². The molecule has 5 heteroatoms. The third-order valence-corrected chi connectivity index (χ3v) is 2.50. The van der Waals surface area contributed by atoms with E-state index in [0.717, 1.165) is 38.2 Å². The SMILES string of the molecule is CCC1C=NN=C(N(N)CCCOC)C1. The van der Waals surface area contributed by atoms with Gasteiger partial charge < -0.3 is 4.74 Å². The summed E-state index contributed by atoms with van der Waals surface area (Å²) in [6.45, 7) is 3.63. The van der Waals surface area contributed by atoms with Gasteiger partial charge in [0.2, 0.25) is 0 Å². The summed E-state index contributed by atoms with van der Waals surface area (Å²) < 4.78 is 4.97. The Hall–Kier alpha value is -0.940. The van der Waals surface area contributed by atoms with Gasteiger partial charge in [0.15, 0.2) is 0 Å². The molecule has 1 unspecified atom stereocenters. The van der Waals surface area contributed by atoms with E-state index in [2.05, 4.69) is 17.1 Å². The Bertz CT molecular complexity index is 240. The van der Waals surface area contributed by atoms with Crippen molar-refractivity contribution in [3.8, 4) is 0 Å². The quantitative estimate of drug-likeness (QED) is 0.420. The van der Waals surface area contributed by atoms with Crippen molar-refractivity contribution in [1.29, 1.82) is 0 Å². The molecule has 1 rings (SSSR count). The second-order valence-electron chi connectivity index (χ2n) is 3.69. The number of nitrogens with zero attached hydrogens (tertiary/aromatic N) is 3. The summed E-state index contributed by atoms with van der Waals surface area (Å²) in [6.07, 6.45) is 4.77. The van der Waals surface area contributed by atoms with Crippen LogP contribution < -0.4 is 5.84 Å². The molecule has 0 saturated heterocycles. The van der Waals surface area contributed by atoms with Crippen molar-refractivity contribution >= 4 is 12.1 Å². The molecule has 1 aliphatic rings. The van der Waals surface area contributed by atoms with Crippen LogP contribution in [0.2, 0.25) is 0 Å². The number of methoxy groups -OCH3 is 1. The van der Waals surface area contributed by atoms with Gasteiger partial charge in [-0.2, -0.15) is 5.10 Å². The van der Waals surface area contributed by atoms with Gasteiger partial charge in [-0.15, -0.1) is 5.10 Å². The minimum Gasteiger partial charge on any atom is -0.385 e. The highest BCUT2D eigenvalue weighted by Crippen LogP contribution is 2.12. The highest BCUT2D eigenvalue weighted by molar-refractivity contribution is 5.86. The van der Waals surface area contributed by atoms with E-state index in [1.54, 1.807) is 12.1 Å². The van der Waals surface area contributed by atoms with Crippen molar-refractivity contribution in [3.05, 3.63) is 0 Å². The number of hydrogen-bond acceptors (Lipinski definition) is 5. The Morgan fingerprint density at radius 1 is 1.67 bits per heavy atom. The fourth-order valence-corrected chi connectivity index (χ4v) is 1.46. The van der Waals surface area contributed by atoms with E-state index in [0.29, 0.717) is 5.92 Å². The molecule has 1 atom stereocenters. The second kappa shape index (κ2) is 6.53. The average molecular weight is 212 g/mol. The van der Waals surface area contributed by atoms with Gasteiger partial charge in [-0.1, -0.05) is 6.92 Å². The number of amidine groups is 1. The highest BCUT2D eigenvalue weighted by atomic mass is 16.5. The first-order valence-corrected chi connectivity index (χ1v) is 5.39. The standard InChI is InChI=1S/C10H20N4O/c1-3-9-7-10(13-12-8-9)14(11)5-4-6-15-2/h8-9H,3-7,11H2,1-2H3. The van der Waals surface area contributed by atoms with Crippen LogP contribution in [0.15, 0.2) is 10.2 Å². The average Bonchev–Trinajstić information content (AvgIpc) is 2.29. The minimum atomic E-state index is 0.478. The number of nitrogens with two attached hydrogens (primary N) is 1. The lowest BCUT2D eigenvalue weighted by molar-refractivity contribution is 0.186. The Morgan fingerprint density at radius 3 is 3.13 bits per heavy atom. The molecule has 0 aromatic carbocycles. The first-order chi connectivity index (χ1) is 7.27. The molecule has 1 aliphatic heterocycles. The van der Waals surface area contributed by atoms with Gasteiger partial charge in [-0.05, 0) is 12.8 Å². The van der Waals surface area contributed by atoms with Crippen LogP contribution >= 0.6 is 0 Å². The molecular formula is C10H20N4O. The third kappa shape index (κ3) is 3.97. The van der Waals surface area contributed by atoms with E-state index in [9.17, 15) is 0 Å². The summed E-state index contributed by atoms with van der Waals surface area (Å²) in [6, 6.07) is 0. The Balaban J connectivity index is 2.35. The van der Waals surface area contributed by atoms with Crippen molar-refractivity contribution in [1.82, 2.24) is 5.01 Å². The van der Waals surface area contributed by atoms with Crippen LogP contribution in [0.25, 0.3) is 0 Å². The summed E-state index contributed by atoms with van der Waals surface area (Å²) in [5, 5.41) is 9.70. The molecule has 86 valence electrons. The van der Waals surface area contributed by atoms with Crippen LogP contribution in [0.4, 0.5) is 0 Å².